The standard InChI is InChI=1S/C21H28N4O2/c1-15-18(23-19(22-15)16-7-4-3-5-8-16)20(27)25-11-6-10-21(14-25)13-24(2)12-9-17(21)26/h3-5,7-8,17,26H,6,9-14H2,1-2H3,(H,22,23)/t17-,21-/m0/s1. The Bertz CT molecular complexity index is 819. The molecule has 4 rings (SSSR count). The molecule has 6 nitrogen and oxygen atoms in total. The third-order valence-electron chi connectivity index (χ3n) is 6.11. The van der Waals surface area contributed by atoms with Crippen LogP contribution in [0.2, 0.25) is 0 Å². The smallest absolute Gasteiger partial charge is 0.274 e. The highest BCUT2D eigenvalue weighted by atomic mass is 16.3. The largest absolute Gasteiger partial charge is 0.392 e. The number of aromatic amines is 1. The first-order chi connectivity index (χ1) is 13.0. The SMILES string of the molecule is Cc1[nH]c(-c2ccccc2)nc1C(=O)N1CCC[C@]2(CN(C)CC[C@@H]2O)C1. The molecule has 0 aliphatic carbocycles. The number of H-pyrrole nitrogens is 1. The predicted octanol–water partition coefficient (Wildman–Crippen LogP) is 2.30. The summed E-state index contributed by atoms with van der Waals surface area (Å²) in [5.74, 6) is 0.686. The van der Waals surface area contributed by atoms with Crippen LogP contribution in [0, 0.1) is 12.3 Å². The van der Waals surface area contributed by atoms with E-state index in [9.17, 15) is 9.90 Å². The Morgan fingerprint density at radius 2 is 2.04 bits per heavy atom. The van der Waals surface area contributed by atoms with Gasteiger partial charge in [0.15, 0.2) is 0 Å². The zero-order chi connectivity index (χ0) is 19.0. The number of nitrogens with one attached hydrogen (secondary N) is 1. The van der Waals surface area contributed by atoms with E-state index in [1.165, 1.54) is 0 Å². The molecule has 0 bridgehead atoms. The van der Waals surface area contributed by atoms with E-state index in [2.05, 4.69) is 21.9 Å². The third kappa shape index (κ3) is 3.39. The molecule has 2 aliphatic rings. The number of aliphatic hydroxyl groups excluding tert-OH is 1. The van der Waals surface area contributed by atoms with Crippen molar-refractivity contribution in [3.63, 3.8) is 0 Å². The number of imidazole rings is 1. The normalized spacial score (nSPS) is 26.5. The first-order valence-electron chi connectivity index (χ1n) is 9.76. The number of nitrogens with zero attached hydrogens (tertiary/aromatic N) is 3. The first-order valence-corrected chi connectivity index (χ1v) is 9.76. The number of hydrogen-bond donors (Lipinski definition) is 2. The number of benzene rings is 1. The molecule has 0 radical (unpaired) electrons. The molecule has 27 heavy (non-hydrogen) atoms. The van der Waals surface area contributed by atoms with Crippen LogP contribution >= 0.6 is 0 Å². The van der Waals surface area contributed by atoms with E-state index in [0.29, 0.717) is 12.2 Å². The van der Waals surface area contributed by atoms with Crippen LogP contribution < -0.4 is 0 Å². The average molecular weight is 368 g/mol. The Balaban J connectivity index is 1.57. The minimum Gasteiger partial charge on any atom is -0.392 e. The van der Waals surface area contributed by atoms with Gasteiger partial charge in [0.05, 0.1) is 6.10 Å². The fourth-order valence-corrected chi connectivity index (χ4v) is 4.66. The molecule has 2 aliphatic heterocycles. The summed E-state index contributed by atoms with van der Waals surface area (Å²) in [5, 5.41) is 10.7. The van der Waals surface area contributed by atoms with Crippen LogP contribution in [0.4, 0.5) is 0 Å². The molecule has 0 saturated carbocycles. The molecular formula is C21H28N4O2. The number of rotatable bonds is 2. The Kier molecular flexibility index (Phi) is 4.78. The van der Waals surface area contributed by atoms with Crippen molar-refractivity contribution in [3.05, 3.63) is 41.7 Å². The summed E-state index contributed by atoms with van der Waals surface area (Å²) in [6.45, 7) is 4.98. The molecule has 2 fully saturated rings. The molecule has 2 saturated heterocycles. The predicted molar refractivity (Wildman–Crippen MR) is 104 cm³/mol. The molecule has 1 amide bonds. The fourth-order valence-electron chi connectivity index (χ4n) is 4.66. The quantitative estimate of drug-likeness (QED) is 0.853. The number of likely N-dealkylation sites (tertiary alicyclic amines) is 2. The second-order valence-electron chi connectivity index (χ2n) is 8.16. The van der Waals surface area contributed by atoms with E-state index in [0.717, 1.165) is 56.0 Å². The number of carbonyl (C=O) groups excluding carboxylic acids is 1. The molecule has 144 valence electrons. The van der Waals surface area contributed by atoms with E-state index in [1.807, 2.05) is 42.2 Å². The van der Waals surface area contributed by atoms with Crippen molar-refractivity contribution in [1.82, 2.24) is 19.8 Å². The summed E-state index contributed by atoms with van der Waals surface area (Å²) < 4.78 is 0. The van der Waals surface area contributed by atoms with Gasteiger partial charge >= 0.3 is 0 Å². The van der Waals surface area contributed by atoms with Crippen LogP contribution in [-0.4, -0.2) is 70.1 Å². The lowest BCUT2D eigenvalue weighted by molar-refractivity contribution is -0.0731. The van der Waals surface area contributed by atoms with E-state index < -0.39 is 0 Å². The molecule has 1 aromatic carbocycles. The van der Waals surface area contributed by atoms with Gasteiger partial charge in [-0.05, 0) is 33.2 Å². The highest BCUT2D eigenvalue weighted by Crippen LogP contribution is 2.38. The van der Waals surface area contributed by atoms with Gasteiger partial charge in [0.1, 0.15) is 11.5 Å². The van der Waals surface area contributed by atoms with Crippen molar-refractivity contribution in [2.24, 2.45) is 5.41 Å². The molecule has 0 unspecified atom stereocenters. The minimum absolute atomic E-state index is 0.0366. The summed E-state index contributed by atoms with van der Waals surface area (Å²) in [6.07, 6.45) is 2.32. The summed E-state index contributed by atoms with van der Waals surface area (Å²) in [5.41, 5.74) is 2.04. The number of hydrogen-bond acceptors (Lipinski definition) is 4. The van der Waals surface area contributed by atoms with Crippen LogP contribution in [-0.2, 0) is 0 Å². The fraction of sp³-hybridized carbons (Fsp3) is 0.524. The van der Waals surface area contributed by atoms with Crippen LogP contribution in [0.3, 0.4) is 0 Å². The second-order valence-corrected chi connectivity index (χ2v) is 8.16. The second kappa shape index (κ2) is 7.09. The molecule has 1 aromatic heterocycles. The molecule has 1 spiro atoms. The summed E-state index contributed by atoms with van der Waals surface area (Å²) in [4.78, 5) is 25.2. The van der Waals surface area contributed by atoms with Crippen molar-refractivity contribution in [2.45, 2.75) is 32.3 Å². The number of piperidine rings is 2. The maximum Gasteiger partial charge on any atom is 0.274 e. The van der Waals surface area contributed by atoms with E-state index in [-0.39, 0.29) is 17.4 Å². The Labute approximate surface area is 160 Å². The van der Waals surface area contributed by atoms with Crippen LogP contribution in [0.5, 0.6) is 0 Å². The molecule has 3 heterocycles. The van der Waals surface area contributed by atoms with Crippen molar-refractivity contribution in [1.29, 1.82) is 0 Å². The molecule has 6 heteroatoms. The van der Waals surface area contributed by atoms with Gasteiger partial charge in [0.2, 0.25) is 0 Å². The molecular weight excluding hydrogens is 340 g/mol. The zero-order valence-corrected chi connectivity index (χ0v) is 16.1. The monoisotopic (exact) mass is 368 g/mol. The topological polar surface area (TPSA) is 72.5 Å². The Morgan fingerprint density at radius 1 is 1.26 bits per heavy atom. The van der Waals surface area contributed by atoms with E-state index in [4.69, 9.17) is 0 Å². The number of amides is 1. The summed E-state index contributed by atoms with van der Waals surface area (Å²) in [6, 6.07) is 9.85. The number of aryl methyl sites for hydroxylation is 1. The Morgan fingerprint density at radius 3 is 2.81 bits per heavy atom. The van der Waals surface area contributed by atoms with Crippen LogP contribution in [0.25, 0.3) is 11.4 Å². The number of aromatic nitrogens is 2. The van der Waals surface area contributed by atoms with Gasteiger partial charge in [-0.2, -0.15) is 0 Å². The molecule has 2 atom stereocenters. The van der Waals surface area contributed by atoms with Gasteiger partial charge in [-0.3, -0.25) is 4.79 Å². The third-order valence-corrected chi connectivity index (χ3v) is 6.11. The maximum atomic E-state index is 13.2. The van der Waals surface area contributed by atoms with Crippen LogP contribution in [0.1, 0.15) is 35.4 Å². The highest BCUT2D eigenvalue weighted by Gasteiger charge is 2.46. The minimum atomic E-state index is -0.343. The van der Waals surface area contributed by atoms with Crippen LogP contribution in [0.15, 0.2) is 30.3 Å². The molecule has 2 aromatic rings. The van der Waals surface area contributed by atoms with Crippen molar-refractivity contribution in [3.8, 4) is 11.4 Å². The van der Waals surface area contributed by atoms with Gasteiger partial charge in [-0.25, -0.2) is 4.98 Å². The Hall–Kier alpha value is -2.18. The number of carbonyl (C=O) groups is 1. The number of aliphatic hydroxyl groups is 1. The maximum absolute atomic E-state index is 13.2. The lowest BCUT2D eigenvalue weighted by Gasteiger charge is -2.50. The van der Waals surface area contributed by atoms with E-state index >= 15 is 0 Å². The summed E-state index contributed by atoms with van der Waals surface area (Å²) in [7, 11) is 2.10. The van der Waals surface area contributed by atoms with Crippen molar-refractivity contribution >= 4 is 5.91 Å². The lowest BCUT2D eigenvalue weighted by Crippen LogP contribution is -2.59. The molecule has 2 N–H and O–H groups in total. The lowest BCUT2D eigenvalue weighted by atomic mass is 9.71. The highest BCUT2D eigenvalue weighted by molar-refractivity contribution is 5.94. The van der Waals surface area contributed by atoms with Gasteiger partial charge in [-0.15, -0.1) is 0 Å². The van der Waals surface area contributed by atoms with Crippen molar-refractivity contribution < 1.29 is 9.90 Å². The first kappa shape index (κ1) is 18.2. The zero-order valence-electron chi connectivity index (χ0n) is 16.1. The van der Waals surface area contributed by atoms with Gasteiger partial charge in [0, 0.05) is 42.9 Å². The average Bonchev–Trinajstić information content (AvgIpc) is 3.07. The van der Waals surface area contributed by atoms with Gasteiger partial charge in [-0.1, -0.05) is 30.3 Å². The van der Waals surface area contributed by atoms with E-state index in [1.54, 1.807) is 0 Å². The van der Waals surface area contributed by atoms with Gasteiger partial charge < -0.3 is 19.9 Å². The van der Waals surface area contributed by atoms with Crippen molar-refractivity contribution in [2.75, 3.05) is 33.2 Å². The summed E-state index contributed by atoms with van der Waals surface area (Å²) >= 11 is 0. The van der Waals surface area contributed by atoms with Gasteiger partial charge in [0.25, 0.3) is 5.91 Å².